The molecule has 0 radical (unpaired) electrons. The lowest BCUT2D eigenvalue weighted by Crippen LogP contribution is -2.25. The van der Waals surface area contributed by atoms with E-state index < -0.39 is 0 Å². The molecule has 1 unspecified atom stereocenters. The van der Waals surface area contributed by atoms with Gasteiger partial charge in [-0.25, -0.2) is 9.97 Å². The SMILES string of the molecule is CNc1nc(CN2CC(C)CC2=O)nc2sccc12. The molecule has 6 heteroatoms. The van der Waals surface area contributed by atoms with Gasteiger partial charge in [0.2, 0.25) is 5.91 Å². The van der Waals surface area contributed by atoms with Crippen LogP contribution in [-0.4, -0.2) is 34.4 Å². The van der Waals surface area contributed by atoms with Crippen molar-refractivity contribution in [2.45, 2.75) is 19.9 Å². The minimum absolute atomic E-state index is 0.202. The van der Waals surface area contributed by atoms with Gasteiger partial charge in [-0.05, 0) is 17.4 Å². The van der Waals surface area contributed by atoms with Gasteiger partial charge in [0.25, 0.3) is 0 Å². The molecule has 3 heterocycles. The third-order valence-electron chi connectivity index (χ3n) is 3.35. The van der Waals surface area contributed by atoms with Crippen molar-refractivity contribution in [2.75, 3.05) is 18.9 Å². The molecule has 1 saturated heterocycles. The average Bonchev–Trinajstić information content (AvgIpc) is 2.95. The Morgan fingerprint density at radius 2 is 2.37 bits per heavy atom. The number of aromatic nitrogens is 2. The quantitative estimate of drug-likeness (QED) is 0.932. The number of fused-ring (bicyclic) bond motifs is 1. The molecule has 1 aliphatic rings. The number of rotatable bonds is 3. The van der Waals surface area contributed by atoms with Crippen LogP contribution in [0.15, 0.2) is 11.4 Å². The van der Waals surface area contributed by atoms with Gasteiger partial charge in [-0.15, -0.1) is 11.3 Å². The standard InChI is InChI=1S/C13H16N4OS/c1-8-5-11(18)17(6-8)7-10-15-12(14-2)9-3-4-19-13(9)16-10/h3-4,8H,5-7H2,1-2H3,(H,14,15,16). The number of amides is 1. The Kier molecular flexibility index (Phi) is 3.10. The maximum Gasteiger partial charge on any atom is 0.223 e. The molecule has 1 aliphatic heterocycles. The molecule has 1 atom stereocenters. The lowest BCUT2D eigenvalue weighted by molar-refractivity contribution is -0.128. The highest BCUT2D eigenvalue weighted by atomic mass is 32.1. The molecule has 1 amide bonds. The lowest BCUT2D eigenvalue weighted by atomic mass is 10.2. The highest BCUT2D eigenvalue weighted by Gasteiger charge is 2.27. The zero-order valence-corrected chi connectivity index (χ0v) is 11.8. The molecule has 1 fully saturated rings. The van der Waals surface area contributed by atoms with Gasteiger partial charge in [0.15, 0.2) is 5.82 Å². The zero-order valence-electron chi connectivity index (χ0n) is 11.0. The number of thiophene rings is 1. The number of carbonyl (C=O) groups excluding carboxylic acids is 1. The van der Waals surface area contributed by atoms with Crippen molar-refractivity contribution in [3.05, 3.63) is 17.3 Å². The Hall–Kier alpha value is -1.69. The Morgan fingerprint density at radius 1 is 1.53 bits per heavy atom. The molecule has 0 spiro atoms. The van der Waals surface area contributed by atoms with Crippen LogP contribution in [0.4, 0.5) is 5.82 Å². The van der Waals surface area contributed by atoms with Crippen molar-refractivity contribution in [2.24, 2.45) is 5.92 Å². The molecular weight excluding hydrogens is 260 g/mol. The first-order valence-corrected chi connectivity index (χ1v) is 7.25. The van der Waals surface area contributed by atoms with E-state index in [1.54, 1.807) is 11.3 Å². The molecule has 0 aromatic carbocycles. The van der Waals surface area contributed by atoms with Gasteiger partial charge in [-0.1, -0.05) is 6.92 Å². The van der Waals surface area contributed by atoms with Crippen molar-refractivity contribution >= 4 is 33.3 Å². The molecule has 5 nitrogen and oxygen atoms in total. The first-order chi connectivity index (χ1) is 9.17. The minimum atomic E-state index is 0.202. The van der Waals surface area contributed by atoms with Crippen LogP contribution in [-0.2, 0) is 11.3 Å². The fraction of sp³-hybridized carbons (Fsp3) is 0.462. The minimum Gasteiger partial charge on any atom is -0.372 e. The normalized spacial score (nSPS) is 19.4. The summed E-state index contributed by atoms with van der Waals surface area (Å²) in [6, 6.07) is 2.01. The summed E-state index contributed by atoms with van der Waals surface area (Å²) in [7, 11) is 1.85. The number of nitrogens with zero attached hydrogens (tertiary/aromatic N) is 3. The van der Waals surface area contributed by atoms with Gasteiger partial charge in [0.1, 0.15) is 10.6 Å². The predicted octanol–water partition coefficient (Wildman–Crippen LogP) is 2.10. The van der Waals surface area contributed by atoms with E-state index in [2.05, 4.69) is 22.2 Å². The summed E-state index contributed by atoms with van der Waals surface area (Å²) >= 11 is 1.60. The lowest BCUT2D eigenvalue weighted by Gasteiger charge is -2.15. The molecule has 0 bridgehead atoms. The fourth-order valence-electron chi connectivity index (χ4n) is 2.45. The molecule has 100 valence electrons. The number of likely N-dealkylation sites (tertiary alicyclic amines) is 1. The van der Waals surface area contributed by atoms with Gasteiger partial charge in [0, 0.05) is 20.0 Å². The molecule has 0 saturated carbocycles. The third kappa shape index (κ3) is 2.28. The van der Waals surface area contributed by atoms with Crippen LogP contribution in [0.1, 0.15) is 19.2 Å². The van der Waals surface area contributed by atoms with Gasteiger partial charge in [0.05, 0.1) is 11.9 Å². The van der Waals surface area contributed by atoms with Crippen LogP contribution in [0.25, 0.3) is 10.2 Å². The predicted molar refractivity (Wildman–Crippen MR) is 76.2 cm³/mol. The van der Waals surface area contributed by atoms with Crippen molar-refractivity contribution in [1.82, 2.24) is 14.9 Å². The second-order valence-corrected chi connectivity index (χ2v) is 5.86. The summed E-state index contributed by atoms with van der Waals surface area (Å²) in [5, 5.41) is 6.14. The third-order valence-corrected chi connectivity index (χ3v) is 4.15. The van der Waals surface area contributed by atoms with Crippen LogP contribution < -0.4 is 5.32 Å². The number of hydrogen-bond acceptors (Lipinski definition) is 5. The Labute approximate surface area is 115 Å². The van der Waals surface area contributed by atoms with Crippen LogP contribution >= 0.6 is 11.3 Å². The van der Waals surface area contributed by atoms with Crippen LogP contribution in [0.2, 0.25) is 0 Å². The van der Waals surface area contributed by atoms with Crippen LogP contribution in [0.3, 0.4) is 0 Å². The number of anilines is 1. The molecule has 19 heavy (non-hydrogen) atoms. The molecule has 0 aliphatic carbocycles. The Morgan fingerprint density at radius 3 is 3.05 bits per heavy atom. The van der Waals surface area contributed by atoms with E-state index in [9.17, 15) is 4.79 Å². The second-order valence-electron chi connectivity index (χ2n) is 4.96. The Bertz CT molecular complexity index is 624. The number of hydrogen-bond donors (Lipinski definition) is 1. The van der Waals surface area contributed by atoms with Gasteiger partial charge >= 0.3 is 0 Å². The summed E-state index contributed by atoms with van der Waals surface area (Å²) in [5.74, 6) is 2.18. The van der Waals surface area contributed by atoms with E-state index >= 15 is 0 Å². The molecule has 2 aromatic rings. The van der Waals surface area contributed by atoms with Crippen molar-refractivity contribution in [3.8, 4) is 0 Å². The van der Waals surface area contributed by atoms with E-state index in [1.165, 1.54) is 0 Å². The van der Waals surface area contributed by atoms with Crippen LogP contribution in [0.5, 0.6) is 0 Å². The van der Waals surface area contributed by atoms with E-state index in [-0.39, 0.29) is 5.91 Å². The van der Waals surface area contributed by atoms with Gasteiger partial charge in [-0.3, -0.25) is 4.79 Å². The fourth-order valence-corrected chi connectivity index (χ4v) is 3.24. The highest BCUT2D eigenvalue weighted by molar-refractivity contribution is 7.16. The average molecular weight is 276 g/mol. The highest BCUT2D eigenvalue weighted by Crippen LogP contribution is 2.26. The number of nitrogens with one attached hydrogen (secondary N) is 1. The molecule has 3 rings (SSSR count). The van der Waals surface area contributed by atoms with Gasteiger partial charge in [-0.2, -0.15) is 0 Å². The summed E-state index contributed by atoms with van der Waals surface area (Å²) in [6.45, 7) is 3.41. The van der Waals surface area contributed by atoms with Gasteiger partial charge < -0.3 is 10.2 Å². The summed E-state index contributed by atoms with van der Waals surface area (Å²) in [5.41, 5.74) is 0. The monoisotopic (exact) mass is 276 g/mol. The van der Waals surface area contributed by atoms with E-state index in [0.717, 1.165) is 22.6 Å². The van der Waals surface area contributed by atoms with E-state index in [0.29, 0.717) is 24.7 Å². The smallest absolute Gasteiger partial charge is 0.223 e. The topological polar surface area (TPSA) is 58.1 Å². The largest absolute Gasteiger partial charge is 0.372 e. The summed E-state index contributed by atoms with van der Waals surface area (Å²) in [6.07, 6.45) is 0.639. The first-order valence-electron chi connectivity index (χ1n) is 6.37. The molecule has 2 aromatic heterocycles. The second kappa shape index (κ2) is 4.77. The Balaban J connectivity index is 1.90. The zero-order chi connectivity index (χ0) is 13.4. The van der Waals surface area contributed by atoms with Crippen molar-refractivity contribution < 1.29 is 4.79 Å². The van der Waals surface area contributed by atoms with E-state index in [4.69, 9.17) is 0 Å². The maximum absolute atomic E-state index is 11.8. The van der Waals surface area contributed by atoms with Crippen molar-refractivity contribution in [3.63, 3.8) is 0 Å². The summed E-state index contributed by atoms with van der Waals surface area (Å²) < 4.78 is 0. The van der Waals surface area contributed by atoms with Crippen molar-refractivity contribution in [1.29, 1.82) is 0 Å². The van der Waals surface area contributed by atoms with E-state index in [1.807, 2.05) is 23.4 Å². The number of carbonyl (C=O) groups is 1. The first kappa shape index (κ1) is 12.3. The summed E-state index contributed by atoms with van der Waals surface area (Å²) in [4.78, 5) is 23.7. The maximum atomic E-state index is 11.8. The van der Waals surface area contributed by atoms with Crippen LogP contribution in [0, 0.1) is 5.92 Å². The molecular formula is C13H16N4OS. The molecule has 1 N–H and O–H groups in total.